The number of azide groups is 1. The highest BCUT2D eigenvalue weighted by atomic mass is 16.5. The number of nitrogens with zero attached hydrogens (tertiary/aromatic N) is 7. The number of Topliss-reactive ketones (excluding diaryl/α,β-unsaturated/α-hetero) is 4. The van der Waals surface area contributed by atoms with E-state index in [1.54, 1.807) is 52.9 Å². The molecule has 0 aliphatic carbocycles. The Morgan fingerprint density at radius 3 is 1.72 bits per heavy atom. The van der Waals surface area contributed by atoms with Gasteiger partial charge in [-0.3, -0.25) is 57.6 Å². The van der Waals surface area contributed by atoms with Crippen LogP contribution >= 0.6 is 0 Å². The highest BCUT2D eigenvalue weighted by molar-refractivity contribution is 5.97. The van der Waals surface area contributed by atoms with Crippen LogP contribution < -0.4 is 16.0 Å². The Bertz CT molecular complexity index is 3570. The Morgan fingerprint density at radius 2 is 1.21 bits per heavy atom. The van der Waals surface area contributed by atoms with Crippen LogP contribution in [0.5, 0.6) is 0 Å². The van der Waals surface area contributed by atoms with Crippen LogP contribution in [0.2, 0.25) is 0 Å². The normalized spacial score (nSPS) is 17.2. The van der Waals surface area contributed by atoms with Crippen molar-refractivity contribution in [2.75, 3.05) is 61.5 Å². The number of nitrogens with one attached hydrogen (secondary N) is 3. The molecule has 6 rings (SSSR count). The van der Waals surface area contributed by atoms with E-state index in [1.165, 1.54) is 28.1 Å². The summed E-state index contributed by atoms with van der Waals surface area (Å²) in [4.78, 5) is 163. The van der Waals surface area contributed by atoms with E-state index in [0.29, 0.717) is 49.8 Å². The maximum absolute atomic E-state index is 15.0. The van der Waals surface area contributed by atoms with Gasteiger partial charge in [0.2, 0.25) is 35.4 Å². The predicted octanol–water partition coefficient (Wildman–Crippen LogP) is 10.2. The van der Waals surface area contributed by atoms with Crippen LogP contribution in [0, 0.1) is 47.3 Å². The number of rotatable bonds is 43. The molecule has 0 saturated carbocycles. The first-order valence-corrected chi connectivity index (χ1v) is 38.0. The van der Waals surface area contributed by atoms with E-state index in [1.807, 2.05) is 152 Å². The highest BCUT2D eigenvalue weighted by Gasteiger charge is 2.45. The summed E-state index contributed by atoms with van der Waals surface area (Å²) in [5.41, 5.74) is 11.7. The number of ketones is 4. The van der Waals surface area contributed by atoms with Crippen LogP contribution in [-0.2, 0) is 80.6 Å². The summed E-state index contributed by atoms with van der Waals surface area (Å²) in [5, 5.41) is 22.3. The summed E-state index contributed by atoms with van der Waals surface area (Å²) < 4.78 is 12.2. The van der Waals surface area contributed by atoms with E-state index < -0.39 is 120 Å². The molecule has 0 radical (unpaired) electrons. The average molecular weight is 1480 g/mol. The van der Waals surface area contributed by atoms with Crippen LogP contribution in [0.15, 0.2) is 120 Å². The van der Waals surface area contributed by atoms with E-state index in [0.717, 1.165) is 16.7 Å². The number of carboxylic acid groups (broad SMARTS) is 1. The molecule has 4 aromatic carbocycles. The molecule has 0 unspecified atom stereocenters. The fourth-order valence-electron chi connectivity index (χ4n) is 15.6. The third kappa shape index (κ3) is 24.0. The lowest BCUT2D eigenvalue weighted by molar-refractivity contribution is -0.149. The second kappa shape index (κ2) is 42.0. The van der Waals surface area contributed by atoms with Crippen LogP contribution in [0.4, 0.5) is 0 Å². The number of methoxy groups -OCH3 is 2. The zero-order valence-electron chi connectivity index (χ0n) is 65.2. The molecule has 12 atom stereocenters. The molecule has 0 aromatic heterocycles. The third-order valence-corrected chi connectivity index (χ3v) is 21.8. The van der Waals surface area contributed by atoms with Crippen molar-refractivity contribution in [2.45, 2.75) is 200 Å². The fourth-order valence-corrected chi connectivity index (χ4v) is 15.6. The summed E-state index contributed by atoms with van der Waals surface area (Å²) >= 11 is 0. The standard InChI is InChI=1S/C83H116N10O14/c1-15-54(6)77(91(12)81(103)67(52(2)3)49-71(97)76(53(4)5)90(10)11)72(106-13)50-75(100)93-41-25-32-68(93)78(107-14)56(8)80(102)87-65(51-85-89-84)45-58-33-35-59(36-34-58)46-70(96)61(48-73(98)88-83(62-26-19-16-20-27-62,63-28-21-17-22-29-63)64-30-23-18-24-31-64)47-69(95)57(9)86-79(101)55(7)44-66(94)37-38-74(99)92-42-39-60(40-43-92)82(104)105/h16-24,26-31,33-36,52-57,60-61,65,67-68,72,76-78H,15,25,32,37-51H2,1-14H3,(H,86,101)(H,87,102)(H,88,98)(H,104,105)/t54-,55+,56+,57-,61-,65-,67-,68-,72+,76-,77-,78+/m0/s1. The maximum atomic E-state index is 15.0. The molecule has 4 N–H and O–H groups in total. The minimum atomic E-state index is -1.25. The number of hydrogen-bond acceptors (Lipinski definition) is 15. The van der Waals surface area contributed by atoms with Crippen molar-refractivity contribution in [2.24, 2.45) is 52.5 Å². The van der Waals surface area contributed by atoms with Crippen molar-refractivity contribution < 1.29 is 67.3 Å². The van der Waals surface area contributed by atoms with Crippen molar-refractivity contribution in [3.63, 3.8) is 0 Å². The van der Waals surface area contributed by atoms with E-state index in [9.17, 15) is 63.4 Å². The first-order valence-electron chi connectivity index (χ1n) is 38.0. The van der Waals surface area contributed by atoms with Gasteiger partial charge < -0.3 is 45.2 Å². The summed E-state index contributed by atoms with van der Waals surface area (Å²) in [6, 6.07) is 32.1. The largest absolute Gasteiger partial charge is 0.481 e. The first-order chi connectivity index (χ1) is 50.9. The summed E-state index contributed by atoms with van der Waals surface area (Å²) in [5.74, 6) is -8.59. The van der Waals surface area contributed by atoms with Crippen molar-refractivity contribution >= 4 is 64.5 Å². The number of benzene rings is 4. The Morgan fingerprint density at radius 1 is 0.645 bits per heavy atom. The highest BCUT2D eigenvalue weighted by Crippen LogP contribution is 2.38. The van der Waals surface area contributed by atoms with Crippen LogP contribution in [0.3, 0.4) is 0 Å². The quantitative estimate of drug-likeness (QED) is 0.0139. The monoisotopic (exact) mass is 1480 g/mol. The molecule has 24 heteroatoms. The van der Waals surface area contributed by atoms with Gasteiger partial charge in [0.05, 0.1) is 54.6 Å². The lowest BCUT2D eigenvalue weighted by Crippen LogP contribution is -2.54. The zero-order chi connectivity index (χ0) is 78.8. The van der Waals surface area contributed by atoms with Gasteiger partial charge in [-0.15, -0.1) is 0 Å². The molecular weight excluding hydrogens is 1360 g/mol. The molecule has 6 amide bonds. The van der Waals surface area contributed by atoms with Crippen LogP contribution in [-0.4, -0.2) is 193 Å². The number of likely N-dealkylation sites (N-methyl/N-ethyl adjacent to an activating group) is 2. The first kappa shape index (κ1) is 87.0. The van der Waals surface area contributed by atoms with Gasteiger partial charge in [0, 0.05) is 121 Å². The maximum Gasteiger partial charge on any atom is 0.306 e. The number of likely N-dealkylation sites (tertiary alicyclic amines) is 2. The third-order valence-electron chi connectivity index (χ3n) is 21.8. The Hall–Kier alpha value is -8.96. The summed E-state index contributed by atoms with van der Waals surface area (Å²) in [6.45, 7) is 17.5. The lowest BCUT2D eigenvalue weighted by Gasteiger charge is -2.41. The molecule has 2 aliphatic rings. The number of amides is 6. The van der Waals surface area contributed by atoms with Crippen LogP contribution in [0.1, 0.15) is 167 Å². The zero-order valence-corrected chi connectivity index (χ0v) is 65.2. The fraction of sp³-hybridized carbons (Fsp3) is 0.578. The smallest absolute Gasteiger partial charge is 0.306 e. The van der Waals surface area contributed by atoms with E-state index in [4.69, 9.17) is 9.47 Å². The molecule has 582 valence electrons. The van der Waals surface area contributed by atoms with Gasteiger partial charge >= 0.3 is 5.97 Å². The molecular formula is C83H116N10O14. The molecule has 2 fully saturated rings. The van der Waals surface area contributed by atoms with Gasteiger partial charge in [-0.1, -0.05) is 182 Å². The summed E-state index contributed by atoms with van der Waals surface area (Å²) in [6.07, 6.45) is -0.180. The second-order valence-corrected chi connectivity index (χ2v) is 30.4. The Labute approximate surface area is 632 Å². The number of carbonyl (C=O) groups is 11. The van der Waals surface area contributed by atoms with Gasteiger partial charge in [-0.2, -0.15) is 0 Å². The minimum absolute atomic E-state index is 0.000139. The Balaban J connectivity index is 1.16. The van der Waals surface area contributed by atoms with Gasteiger partial charge in [-0.25, -0.2) is 0 Å². The molecule has 2 heterocycles. The molecule has 0 bridgehead atoms. The number of carbonyl (C=O) groups excluding carboxylic acids is 10. The Kier molecular flexibility index (Phi) is 34.1. The molecule has 24 nitrogen and oxygen atoms in total. The van der Waals surface area contributed by atoms with Gasteiger partial charge in [0.1, 0.15) is 17.1 Å². The van der Waals surface area contributed by atoms with E-state index >= 15 is 0 Å². The summed E-state index contributed by atoms with van der Waals surface area (Å²) in [7, 11) is 8.52. The number of carboxylic acids is 1. The lowest BCUT2D eigenvalue weighted by atomic mass is 9.76. The second-order valence-electron chi connectivity index (χ2n) is 30.4. The molecule has 107 heavy (non-hydrogen) atoms. The number of aliphatic carboxylic acids is 1. The number of piperidine rings is 1. The van der Waals surface area contributed by atoms with Crippen molar-refractivity contribution in [3.8, 4) is 0 Å². The van der Waals surface area contributed by atoms with Gasteiger partial charge in [-0.05, 0) is 104 Å². The van der Waals surface area contributed by atoms with Crippen LogP contribution in [0.25, 0.3) is 10.4 Å². The molecule has 0 spiro atoms. The topological polar surface area (TPSA) is 324 Å². The molecule has 2 saturated heterocycles. The van der Waals surface area contributed by atoms with E-state index in [-0.39, 0.29) is 118 Å². The molecule has 4 aromatic rings. The minimum Gasteiger partial charge on any atom is -0.481 e. The van der Waals surface area contributed by atoms with E-state index in [2.05, 4.69) is 26.0 Å². The molecule has 2 aliphatic heterocycles. The van der Waals surface area contributed by atoms with Gasteiger partial charge in [0.25, 0.3) is 0 Å². The number of ether oxygens (including phenoxy) is 2. The van der Waals surface area contributed by atoms with Gasteiger partial charge in [0.15, 0.2) is 11.6 Å². The van der Waals surface area contributed by atoms with Crippen molar-refractivity contribution in [1.29, 1.82) is 0 Å². The predicted molar refractivity (Wildman–Crippen MR) is 409 cm³/mol. The SMILES string of the molecule is CC[C@H](C)[C@@H]([C@@H](CC(=O)N1CCC[C@H]1[C@H](OC)[C@@H](C)C(=O)N[C@H](CN=[N+]=[N-])Cc1ccc(CC(=O)[C@H](CC(=O)NC(c2ccccc2)(c2ccccc2)c2ccccc2)CC(=O)[C@H](C)NC(=O)[C@H](C)CC(=O)CCC(=O)N2CCC(C(=O)O)CC2)cc1)OC)N(C)C(=O)[C@@H](CC(=O)[C@H](C(C)C)N(C)C)C(C)C. The van der Waals surface area contributed by atoms with Crippen molar-refractivity contribution in [1.82, 2.24) is 35.6 Å². The van der Waals surface area contributed by atoms with Crippen molar-refractivity contribution in [3.05, 3.63) is 154 Å². The average Bonchev–Trinajstić information content (AvgIpc) is 1.32. The number of hydrogen-bond donors (Lipinski definition) is 4.